The standard InChI is InChI=1S/C21H39N3O6Si2/c1-12(2)31(13(3)4)27-11-16-19(29-32(30-31,14(5)6)15(7)8)18(25)20(28-16)24-10-9-17(22)23-21(24)26/h9-10,12-16,18-20,25H,11H2,1-8H3,(H2,22,23,26)/t16-,18-,19-,20+/m0/s1. The number of fused-ring (bicyclic) bond motifs is 1. The minimum atomic E-state index is -2.89. The Balaban J connectivity index is 2.07. The van der Waals surface area contributed by atoms with Gasteiger partial charge in [0, 0.05) is 6.20 Å². The monoisotopic (exact) mass is 485 g/mol. The smallest absolute Gasteiger partial charge is 0.351 e. The Hall–Kier alpha value is -1.09. The fraction of sp³-hybridized carbons (Fsp3) is 0.810. The zero-order chi connectivity index (χ0) is 24.0. The SMILES string of the molecule is CC(C)[Si]1(C(C)C)OC[C@@H]2O[C@@H](n3ccc(N)nc3=O)[C@@H](O)[C@H]2O[Si](C(C)C)(C(C)C)O1. The lowest BCUT2D eigenvalue weighted by Gasteiger charge is -2.51. The number of nitrogen functional groups attached to an aromatic ring is 1. The van der Waals surface area contributed by atoms with Crippen LogP contribution in [-0.2, 0) is 17.7 Å². The number of aromatic nitrogens is 2. The van der Waals surface area contributed by atoms with Crippen molar-refractivity contribution in [2.45, 2.75) is 102 Å². The van der Waals surface area contributed by atoms with Crippen LogP contribution in [0.4, 0.5) is 5.82 Å². The molecule has 0 bridgehead atoms. The van der Waals surface area contributed by atoms with Gasteiger partial charge in [-0.1, -0.05) is 55.4 Å². The van der Waals surface area contributed by atoms with Crippen molar-refractivity contribution in [3.63, 3.8) is 0 Å². The largest absolute Gasteiger partial charge is 0.414 e. The average molecular weight is 486 g/mol. The highest BCUT2D eigenvalue weighted by molar-refractivity contribution is 6.83. The first-order valence-electron chi connectivity index (χ1n) is 11.6. The molecule has 0 unspecified atom stereocenters. The van der Waals surface area contributed by atoms with Gasteiger partial charge in [-0.2, -0.15) is 4.98 Å². The van der Waals surface area contributed by atoms with Gasteiger partial charge in [-0.15, -0.1) is 0 Å². The second kappa shape index (κ2) is 9.28. The van der Waals surface area contributed by atoms with Crippen molar-refractivity contribution in [3.8, 4) is 0 Å². The second-order valence-electron chi connectivity index (χ2n) is 10.2. The number of nitrogens with two attached hydrogens (primary N) is 1. The zero-order valence-corrected chi connectivity index (χ0v) is 22.4. The van der Waals surface area contributed by atoms with Gasteiger partial charge in [-0.3, -0.25) is 4.57 Å². The summed E-state index contributed by atoms with van der Waals surface area (Å²) in [5.74, 6) is 0.119. The van der Waals surface area contributed by atoms with Gasteiger partial charge in [-0.05, 0) is 28.2 Å². The molecule has 3 rings (SSSR count). The van der Waals surface area contributed by atoms with Crippen LogP contribution in [-0.4, -0.2) is 56.7 Å². The van der Waals surface area contributed by atoms with Crippen LogP contribution in [0.2, 0.25) is 22.2 Å². The normalized spacial score (nSPS) is 30.0. The molecular weight excluding hydrogens is 446 g/mol. The van der Waals surface area contributed by atoms with Gasteiger partial charge in [0.05, 0.1) is 6.61 Å². The van der Waals surface area contributed by atoms with E-state index in [0.29, 0.717) is 0 Å². The Kier molecular flexibility index (Phi) is 7.40. The molecule has 32 heavy (non-hydrogen) atoms. The van der Waals surface area contributed by atoms with Gasteiger partial charge in [0.15, 0.2) is 6.23 Å². The van der Waals surface area contributed by atoms with E-state index in [9.17, 15) is 9.90 Å². The predicted molar refractivity (Wildman–Crippen MR) is 127 cm³/mol. The highest BCUT2D eigenvalue weighted by Crippen LogP contribution is 2.48. The Morgan fingerprint density at radius 2 is 1.62 bits per heavy atom. The molecule has 2 aliphatic heterocycles. The molecule has 0 aliphatic carbocycles. The van der Waals surface area contributed by atoms with Crippen molar-refractivity contribution in [1.82, 2.24) is 9.55 Å². The van der Waals surface area contributed by atoms with Gasteiger partial charge < -0.3 is 28.5 Å². The van der Waals surface area contributed by atoms with Crippen LogP contribution in [0.3, 0.4) is 0 Å². The molecule has 2 aliphatic rings. The van der Waals surface area contributed by atoms with Gasteiger partial charge in [0.25, 0.3) is 0 Å². The third-order valence-electron chi connectivity index (χ3n) is 6.77. The molecule has 3 N–H and O–H groups in total. The Labute approximate surface area is 192 Å². The zero-order valence-electron chi connectivity index (χ0n) is 20.4. The molecule has 0 saturated carbocycles. The molecule has 2 fully saturated rings. The maximum atomic E-state index is 12.4. The topological polar surface area (TPSA) is 118 Å². The van der Waals surface area contributed by atoms with E-state index in [4.69, 9.17) is 23.4 Å². The first kappa shape index (κ1) is 25.5. The fourth-order valence-corrected chi connectivity index (χ4v) is 16.2. The third-order valence-corrected chi connectivity index (χ3v) is 17.0. The Morgan fingerprint density at radius 3 is 2.12 bits per heavy atom. The minimum Gasteiger partial charge on any atom is -0.414 e. The Morgan fingerprint density at radius 1 is 1.06 bits per heavy atom. The molecule has 9 nitrogen and oxygen atoms in total. The van der Waals surface area contributed by atoms with Crippen molar-refractivity contribution in [1.29, 1.82) is 0 Å². The Bertz CT molecular complexity index is 846. The summed E-state index contributed by atoms with van der Waals surface area (Å²) in [7, 11) is -5.59. The van der Waals surface area contributed by atoms with E-state index in [-0.39, 0.29) is 34.6 Å². The summed E-state index contributed by atoms with van der Waals surface area (Å²) in [6, 6.07) is 1.51. The predicted octanol–water partition coefficient (Wildman–Crippen LogP) is 3.04. The van der Waals surface area contributed by atoms with Crippen LogP contribution in [0.5, 0.6) is 0 Å². The molecule has 2 saturated heterocycles. The van der Waals surface area contributed by atoms with Crippen LogP contribution >= 0.6 is 0 Å². The summed E-state index contributed by atoms with van der Waals surface area (Å²) in [4.78, 5) is 16.2. The average Bonchev–Trinajstić information content (AvgIpc) is 2.96. The molecule has 3 heterocycles. The van der Waals surface area contributed by atoms with E-state index in [1.54, 1.807) is 0 Å². The molecule has 1 aromatic heterocycles. The van der Waals surface area contributed by atoms with E-state index in [0.717, 1.165) is 0 Å². The van der Waals surface area contributed by atoms with Crippen LogP contribution in [0, 0.1) is 0 Å². The summed E-state index contributed by atoms with van der Waals surface area (Å²) in [5.41, 5.74) is 5.72. The lowest BCUT2D eigenvalue weighted by Crippen LogP contribution is -2.65. The summed E-state index contributed by atoms with van der Waals surface area (Å²) < 4.78 is 28.1. The quantitative estimate of drug-likeness (QED) is 0.611. The number of aliphatic hydroxyl groups is 1. The maximum Gasteiger partial charge on any atom is 0.351 e. The summed E-state index contributed by atoms with van der Waals surface area (Å²) >= 11 is 0. The van der Waals surface area contributed by atoms with Crippen LogP contribution in [0.25, 0.3) is 0 Å². The van der Waals surface area contributed by atoms with Crippen molar-refractivity contribution in [2.75, 3.05) is 12.3 Å². The third kappa shape index (κ3) is 4.24. The van der Waals surface area contributed by atoms with Crippen LogP contribution in [0.15, 0.2) is 17.1 Å². The van der Waals surface area contributed by atoms with Crippen molar-refractivity contribution in [3.05, 3.63) is 22.7 Å². The molecule has 11 heteroatoms. The number of hydrogen-bond acceptors (Lipinski definition) is 8. The summed E-state index contributed by atoms with van der Waals surface area (Å²) in [6.45, 7) is 17.3. The van der Waals surface area contributed by atoms with Gasteiger partial charge in [0.2, 0.25) is 0 Å². The van der Waals surface area contributed by atoms with Gasteiger partial charge in [0.1, 0.15) is 24.1 Å². The van der Waals surface area contributed by atoms with E-state index in [1.807, 2.05) is 0 Å². The van der Waals surface area contributed by atoms with Crippen molar-refractivity contribution in [2.24, 2.45) is 0 Å². The highest BCUT2D eigenvalue weighted by atomic mass is 28.5. The first-order valence-corrected chi connectivity index (χ1v) is 15.5. The highest BCUT2D eigenvalue weighted by Gasteiger charge is 2.61. The molecule has 0 spiro atoms. The molecule has 4 atom stereocenters. The number of ether oxygens (including phenoxy) is 1. The van der Waals surface area contributed by atoms with E-state index >= 15 is 0 Å². The summed E-state index contributed by atoms with van der Waals surface area (Å²) in [6.07, 6.45) is -1.73. The first-order chi connectivity index (χ1) is 14.9. The molecule has 1 aromatic rings. The maximum absolute atomic E-state index is 12.4. The van der Waals surface area contributed by atoms with E-state index in [2.05, 4.69) is 60.4 Å². The number of hydrogen-bond donors (Lipinski definition) is 2. The molecule has 0 amide bonds. The van der Waals surface area contributed by atoms with Crippen LogP contribution < -0.4 is 11.4 Å². The second-order valence-corrected chi connectivity index (χ2v) is 19.0. The molecule has 0 aromatic carbocycles. The number of rotatable bonds is 5. The number of nitrogens with zero attached hydrogens (tertiary/aromatic N) is 2. The van der Waals surface area contributed by atoms with Gasteiger partial charge in [-0.25, -0.2) is 4.79 Å². The van der Waals surface area contributed by atoms with Crippen LogP contribution in [0.1, 0.15) is 61.6 Å². The molecular formula is C21H39N3O6Si2. The lowest BCUT2D eigenvalue weighted by molar-refractivity contribution is -0.0600. The fourth-order valence-electron chi connectivity index (χ4n) is 4.99. The van der Waals surface area contributed by atoms with Gasteiger partial charge >= 0.3 is 22.8 Å². The molecule has 0 radical (unpaired) electrons. The summed E-state index contributed by atoms with van der Waals surface area (Å²) in [5, 5.41) is 11.2. The number of anilines is 1. The van der Waals surface area contributed by atoms with Crippen molar-refractivity contribution < 1.29 is 22.8 Å². The van der Waals surface area contributed by atoms with Crippen molar-refractivity contribution >= 4 is 22.9 Å². The lowest BCUT2D eigenvalue weighted by atomic mass is 10.1. The van der Waals surface area contributed by atoms with E-state index in [1.165, 1.54) is 16.8 Å². The minimum absolute atomic E-state index is 0.119. The van der Waals surface area contributed by atoms with E-state index < -0.39 is 47.4 Å². The number of aliphatic hydroxyl groups excluding tert-OH is 1. The molecule has 182 valence electrons.